The maximum atomic E-state index is 14.6. The lowest BCUT2D eigenvalue weighted by molar-refractivity contribution is -0.224. The first-order valence-electron chi connectivity index (χ1n) is 11.5. The summed E-state index contributed by atoms with van der Waals surface area (Å²) in [5.74, 6) is -4.48. The zero-order valence-electron chi connectivity index (χ0n) is 17.7. The Hall–Kier alpha value is -1.33. The molecule has 0 aromatic heterocycles. The third kappa shape index (κ3) is 5.88. The van der Waals surface area contributed by atoms with Crippen LogP contribution >= 0.6 is 0 Å². The highest BCUT2D eigenvalue weighted by Crippen LogP contribution is 2.46. The predicted molar refractivity (Wildman–Crippen MR) is 107 cm³/mol. The highest BCUT2D eigenvalue weighted by molar-refractivity contribution is 5.25. The van der Waals surface area contributed by atoms with Gasteiger partial charge in [0, 0.05) is 12.1 Å². The zero-order valence-corrected chi connectivity index (χ0v) is 17.7. The summed E-state index contributed by atoms with van der Waals surface area (Å²) in [6.45, 7) is 2.22. The number of ether oxygens (including phenoxy) is 1. The van der Waals surface area contributed by atoms with Gasteiger partial charge in [0.2, 0.25) is 0 Å². The highest BCUT2D eigenvalue weighted by atomic mass is 19.3. The second kappa shape index (κ2) is 10.3. The highest BCUT2D eigenvalue weighted by Gasteiger charge is 2.45. The van der Waals surface area contributed by atoms with E-state index in [2.05, 4.69) is 11.7 Å². The van der Waals surface area contributed by atoms with E-state index in [9.17, 15) is 22.0 Å². The Morgan fingerprint density at radius 2 is 1.37 bits per heavy atom. The molecular weight excluding hydrogens is 399 g/mol. The Morgan fingerprint density at radius 3 is 1.90 bits per heavy atom. The molecule has 0 bridgehead atoms. The van der Waals surface area contributed by atoms with Crippen LogP contribution in [0.15, 0.2) is 12.1 Å². The van der Waals surface area contributed by atoms with E-state index in [1.54, 1.807) is 0 Å². The van der Waals surface area contributed by atoms with Gasteiger partial charge in [-0.05, 0) is 56.3 Å². The molecular formula is C24H33F5O. The van der Waals surface area contributed by atoms with Crippen LogP contribution in [0.25, 0.3) is 0 Å². The van der Waals surface area contributed by atoms with Crippen molar-refractivity contribution in [2.75, 3.05) is 0 Å². The van der Waals surface area contributed by atoms with Crippen LogP contribution in [0.2, 0.25) is 0 Å². The van der Waals surface area contributed by atoms with E-state index in [1.807, 2.05) is 0 Å². The van der Waals surface area contributed by atoms with E-state index in [-0.39, 0.29) is 0 Å². The first-order chi connectivity index (χ1) is 14.3. The van der Waals surface area contributed by atoms with Crippen molar-refractivity contribution in [1.29, 1.82) is 0 Å². The van der Waals surface area contributed by atoms with E-state index in [1.165, 1.54) is 51.4 Å². The van der Waals surface area contributed by atoms with Crippen molar-refractivity contribution >= 4 is 0 Å². The molecule has 2 aliphatic rings. The minimum Gasteiger partial charge on any atom is -0.432 e. The maximum Gasteiger partial charge on any atom is 0.400 e. The van der Waals surface area contributed by atoms with Gasteiger partial charge in [-0.1, -0.05) is 45.4 Å². The average Bonchev–Trinajstić information content (AvgIpc) is 2.72. The van der Waals surface area contributed by atoms with E-state index in [0.717, 1.165) is 18.8 Å². The van der Waals surface area contributed by atoms with Gasteiger partial charge in [-0.25, -0.2) is 13.2 Å². The fourth-order valence-corrected chi connectivity index (χ4v) is 5.39. The minimum atomic E-state index is -3.53. The van der Waals surface area contributed by atoms with Crippen molar-refractivity contribution in [3.8, 4) is 5.75 Å². The summed E-state index contributed by atoms with van der Waals surface area (Å²) in [7, 11) is 0. The van der Waals surface area contributed by atoms with E-state index in [0.29, 0.717) is 36.8 Å². The monoisotopic (exact) mass is 432 g/mol. The van der Waals surface area contributed by atoms with E-state index in [4.69, 9.17) is 0 Å². The molecule has 0 amide bonds. The standard InChI is InChI=1S/C24H33F5O/c1-2-3-4-5-16-6-8-17(9-7-16)18-10-12-19(13-11-18)24(28,29)30-20-14-21(25)23(27)22(26)15-20/h14-19H,2-13H2,1H3/t16-,17-,18?,19?. The third-order valence-corrected chi connectivity index (χ3v) is 7.23. The lowest BCUT2D eigenvalue weighted by Crippen LogP contribution is -2.38. The molecule has 2 aliphatic carbocycles. The van der Waals surface area contributed by atoms with Crippen LogP contribution < -0.4 is 4.74 Å². The summed E-state index contributed by atoms with van der Waals surface area (Å²) in [5, 5.41) is 0. The van der Waals surface area contributed by atoms with Crippen molar-refractivity contribution < 1.29 is 26.7 Å². The van der Waals surface area contributed by atoms with Crippen LogP contribution in [-0.2, 0) is 0 Å². The number of hydrogen-bond acceptors (Lipinski definition) is 1. The van der Waals surface area contributed by atoms with Crippen LogP contribution in [0.3, 0.4) is 0 Å². The molecule has 30 heavy (non-hydrogen) atoms. The average molecular weight is 433 g/mol. The minimum absolute atomic E-state index is 0.334. The fraction of sp³-hybridized carbons (Fsp3) is 0.750. The Balaban J connectivity index is 1.47. The molecule has 1 aromatic carbocycles. The Kier molecular flexibility index (Phi) is 8.03. The van der Waals surface area contributed by atoms with Crippen molar-refractivity contribution in [1.82, 2.24) is 0 Å². The third-order valence-electron chi connectivity index (χ3n) is 7.23. The Labute approximate surface area is 176 Å². The molecule has 2 fully saturated rings. The number of rotatable bonds is 8. The van der Waals surface area contributed by atoms with Crippen LogP contribution in [0.4, 0.5) is 22.0 Å². The van der Waals surface area contributed by atoms with Crippen molar-refractivity contribution in [2.24, 2.45) is 23.7 Å². The number of hydrogen-bond donors (Lipinski definition) is 0. The Morgan fingerprint density at radius 1 is 0.833 bits per heavy atom. The summed E-state index contributed by atoms with van der Waals surface area (Å²) < 4.78 is 73.4. The Bertz CT molecular complexity index is 653. The zero-order chi connectivity index (χ0) is 21.7. The van der Waals surface area contributed by atoms with Gasteiger partial charge in [-0.15, -0.1) is 0 Å². The SMILES string of the molecule is CCCCC[C@H]1CC[C@H](C2CCC(C(F)(F)Oc3cc(F)c(F)c(F)c3)CC2)CC1. The molecule has 1 aromatic rings. The maximum absolute atomic E-state index is 14.6. The van der Waals surface area contributed by atoms with Crippen LogP contribution in [0.1, 0.15) is 84.0 Å². The number of halogens is 5. The van der Waals surface area contributed by atoms with E-state index < -0.39 is 35.2 Å². The van der Waals surface area contributed by atoms with Gasteiger partial charge in [0.15, 0.2) is 17.5 Å². The summed E-state index contributed by atoms with van der Waals surface area (Å²) in [5.41, 5.74) is 0. The number of unbranched alkanes of at least 4 members (excludes halogenated alkanes) is 2. The molecule has 1 nitrogen and oxygen atoms in total. The van der Waals surface area contributed by atoms with Gasteiger partial charge in [0.25, 0.3) is 0 Å². The molecule has 0 atom stereocenters. The quantitative estimate of drug-likeness (QED) is 0.228. The van der Waals surface area contributed by atoms with Crippen molar-refractivity contribution in [3.63, 3.8) is 0 Å². The second-order valence-corrected chi connectivity index (χ2v) is 9.25. The van der Waals surface area contributed by atoms with Gasteiger partial charge >= 0.3 is 6.11 Å². The van der Waals surface area contributed by atoms with Gasteiger partial charge in [0.05, 0.1) is 5.92 Å². The van der Waals surface area contributed by atoms with Crippen LogP contribution in [0.5, 0.6) is 5.75 Å². The first kappa shape index (κ1) is 23.3. The molecule has 2 saturated carbocycles. The topological polar surface area (TPSA) is 9.23 Å². The van der Waals surface area contributed by atoms with Gasteiger partial charge in [-0.2, -0.15) is 8.78 Å². The molecule has 0 aliphatic heterocycles. The molecule has 0 spiro atoms. The molecule has 0 unspecified atom stereocenters. The molecule has 0 saturated heterocycles. The molecule has 3 rings (SSSR count). The summed E-state index contributed by atoms with van der Waals surface area (Å²) in [6.07, 6.45) is 8.72. The van der Waals surface area contributed by atoms with Crippen molar-refractivity contribution in [3.05, 3.63) is 29.6 Å². The molecule has 0 radical (unpaired) electrons. The first-order valence-corrected chi connectivity index (χ1v) is 11.5. The van der Waals surface area contributed by atoms with Crippen molar-refractivity contribution in [2.45, 2.75) is 90.1 Å². The number of benzene rings is 1. The largest absolute Gasteiger partial charge is 0.432 e. The predicted octanol–water partition coefficient (Wildman–Crippen LogP) is 8.27. The lowest BCUT2D eigenvalue weighted by Gasteiger charge is -2.39. The summed E-state index contributed by atoms with van der Waals surface area (Å²) >= 11 is 0. The van der Waals surface area contributed by atoms with Gasteiger partial charge in [-0.3, -0.25) is 0 Å². The summed E-state index contributed by atoms with van der Waals surface area (Å²) in [6, 6.07) is 0.938. The van der Waals surface area contributed by atoms with Crippen LogP contribution in [-0.4, -0.2) is 6.11 Å². The normalized spacial score (nSPS) is 27.8. The molecule has 0 N–H and O–H groups in total. The fourth-order valence-electron chi connectivity index (χ4n) is 5.39. The van der Waals surface area contributed by atoms with E-state index >= 15 is 0 Å². The summed E-state index contributed by atoms with van der Waals surface area (Å²) in [4.78, 5) is 0. The molecule has 0 heterocycles. The lowest BCUT2D eigenvalue weighted by atomic mass is 9.68. The molecule has 170 valence electrons. The molecule has 6 heteroatoms. The number of alkyl halides is 2. The smallest absolute Gasteiger partial charge is 0.400 e. The van der Waals surface area contributed by atoms with Crippen LogP contribution in [0, 0.1) is 41.1 Å². The van der Waals surface area contributed by atoms with Gasteiger partial charge < -0.3 is 4.74 Å². The second-order valence-electron chi connectivity index (χ2n) is 9.25. The van der Waals surface area contributed by atoms with Gasteiger partial charge in [0.1, 0.15) is 5.75 Å².